The average Bonchev–Trinajstić information content (AvgIpc) is 3.38. The molecule has 1 aromatic carbocycles. The van der Waals surface area contributed by atoms with Gasteiger partial charge in [-0.3, -0.25) is 14.6 Å². The number of alkyl halides is 4. The highest BCUT2D eigenvalue weighted by Crippen LogP contribution is 2.37. The summed E-state index contributed by atoms with van der Waals surface area (Å²) in [7, 11) is 0. The zero-order valence-electron chi connectivity index (χ0n) is 19.6. The van der Waals surface area contributed by atoms with E-state index in [1.54, 1.807) is 12.1 Å². The van der Waals surface area contributed by atoms with Crippen LogP contribution in [0.4, 0.5) is 24.5 Å². The highest BCUT2D eigenvalue weighted by molar-refractivity contribution is 14.1. The minimum Gasteiger partial charge on any atom is -0.378 e. The van der Waals surface area contributed by atoms with Gasteiger partial charge in [-0.1, -0.05) is 34.2 Å². The number of anilines is 2. The second kappa shape index (κ2) is 11.8. The molecule has 1 saturated heterocycles. The zero-order chi connectivity index (χ0) is 27.3. The fourth-order valence-electron chi connectivity index (χ4n) is 3.79. The Kier molecular flexibility index (Phi) is 8.67. The number of benzene rings is 1. The zero-order valence-corrected chi connectivity index (χ0v) is 22.5. The van der Waals surface area contributed by atoms with Gasteiger partial charge in [0, 0.05) is 34.9 Å². The molecule has 200 valence electrons. The van der Waals surface area contributed by atoms with Gasteiger partial charge < -0.3 is 20.7 Å². The van der Waals surface area contributed by atoms with Gasteiger partial charge in [0.15, 0.2) is 0 Å². The summed E-state index contributed by atoms with van der Waals surface area (Å²) in [4.78, 5) is 38.0. The van der Waals surface area contributed by atoms with Crippen molar-refractivity contribution in [2.45, 2.75) is 24.2 Å². The lowest BCUT2D eigenvalue weighted by Crippen LogP contribution is -2.60. The van der Waals surface area contributed by atoms with Gasteiger partial charge in [-0.05, 0) is 30.3 Å². The number of hydrogen-bond acceptors (Lipinski definition) is 7. The quantitative estimate of drug-likeness (QED) is 0.241. The molecule has 0 saturated carbocycles. The number of nitrogens with zero attached hydrogens (tertiary/aromatic N) is 3. The summed E-state index contributed by atoms with van der Waals surface area (Å²) in [6, 6.07) is 6.08. The predicted molar refractivity (Wildman–Crippen MR) is 141 cm³/mol. The van der Waals surface area contributed by atoms with Crippen LogP contribution in [0.2, 0.25) is 5.02 Å². The van der Waals surface area contributed by atoms with Crippen LogP contribution in [-0.2, 0) is 15.7 Å². The minimum absolute atomic E-state index is 0.00878. The molecule has 0 radical (unpaired) electrons. The summed E-state index contributed by atoms with van der Waals surface area (Å²) in [5, 5.41) is 8.35. The number of nitrogens with one attached hydrogen (secondary N) is 3. The molecule has 9 nitrogen and oxygen atoms in total. The maximum absolute atomic E-state index is 13.4. The van der Waals surface area contributed by atoms with Crippen molar-refractivity contribution < 1.29 is 27.5 Å². The standard InChI is InChI=1S/C24H21ClF3IN6O3/c25-15-1-3-18(17(7-15)24(26,27)28)33-16-2-4-19(32-11-16)20(8-29)34-22(37)23(5-6-38-12-23)35-21(36)14-9-30-13-31-10-14/h1-4,7,9-11,13,20,33H,5-6,8,12H2,(H,34,37)(H,35,36)/t20?,23-/m0/s1. The van der Waals surface area contributed by atoms with Gasteiger partial charge in [-0.25, -0.2) is 9.97 Å². The third-order valence-corrected chi connectivity index (χ3v) is 6.92. The summed E-state index contributed by atoms with van der Waals surface area (Å²) in [6.07, 6.45) is 1.03. The third-order valence-electron chi connectivity index (χ3n) is 5.80. The van der Waals surface area contributed by atoms with Crippen LogP contribution in [0.25, 0.3) is 0 Å². The molecule has 38 heavy (non-hydrogen) atoms. The molecule has 0 bridgehead atoms. The first kappa shape index (κ1) is 28.0. The molecule has 1 aliphatic rings. The second-order valence-corrected chi connectivity index (χ2v) is 9.75. The first-order valence-electron chi connectivity index (χ1n) is 11.2. The Hall–Kier alpha value is -3.04. The third kappa shape index (κ3) is 6.50. The van der Waals surface area contributed by atoms with Gasteiger partial charge in [0.2, 0.25) is 5.91 Å². The van der Waals surface area contributed by atoms with Crippen molar-refractivity contribution in [3.8, 4) is 0 Å². The van der Waals surface area contributed by atoms with Gasteiger partial charge in [-0.2, -0.15) is 13.2 Å². The Balaban J connectivity index is 1.47. The Labute approximate surface area is 234 Å². The topological polar surface area (TPSA) is 118 Å². The van der Waals surface area contributed by atoms with E-state index in [4.69, 9.17) is 16.3 Å². The molecule has 0 aliphatic carbocycles. The monoisotopic (exact) mass is 660 g/mol. The fourth-order valence-corrected chi connectivity index (χ4v) is 4.64. The van der Waals surface area contributed by atoms with Gasteiger partial charge in [0.25, 0.3) is 5.91 Å². The summed E-state index contributed by atoms with van der Waals surface area (Å²) < 4.78 is 46.1. The van der Waals surface area contributed by atoms with E-state index in [9.17, 15) is 22.8 Å². The lowest BCUT2D eigenvalue weighted by molar-refractivity contribution is -0.137. The number of amides is 2. The maximum atomic E-state index is 13.4. The summed E-state index contributed by atoms with van der Waals surface area (Å²) in [5.74, 6) is -0.951. The SMILES string of the molecule is O=C(N[C@@]1(C(=O)NC(CI)c2ccc(Nc3ccc(Cl)cc3C(F)(F)F)cn2)CCOC1)c1cncnc1. The Morgan fingerprint density at radius 1 is 1.16 bits per heavy atom. The number of hydrogen-bond donors (Lipinski definition) is 3. The minimum atomic E-state index is -4.60. The first-order chi connectivity index (χ1) is 18.1. The van der Waals surface area contributed by atoms with Crippen LogP contribution in [0.3, 0.4) is 0 Å². The molecule has 3 aromatic rings. The molecule has 1 fully saturated rings. The molecule has 4 rings (SSSR count). The Bertz CT molecular complexity index is 1290. The van der Waals surface area contributed by atoms with E-state index in [0.717, 1.165) is 6.07 Å². The normalized spacial score (nSPS) is 18.0. The molecule has 2 amide bonds. The number of pyridine rings is 1. The van der Waals surface area contributed by atoms with Crippen molar-refractivity contribution in [2.24, 2.45) is 0 Å². The van der Waals surface area contributed by atoms with Crippen molar-refractivity contribution in [2.75, 3.05) is 23.0 Å². The number of rotatable bonds is 8. The summed E-state index contributed by atoms with van der Waals surface area (Å²) in [6.45, 7) is 0.280. The van der Waals surface area contributed by atoms with Crippen LogP contribution in [0.1, 0.15) is 34.1 Å². The second-order valence-electron chi connectivity index (χ2n) is 8.43. The average molecular weight is 661 g/mol. The maximum Gasteiger partial charge on any atom is 0.418 e. The largest absolute Gasteiger partial charge is 0.418 e. The van der Waals surface area contributed by atoms with Gasteiger partial charge in [0.1, 0.15) is 11.9 Å². The smallest absolute Gasteiger partial charge is 0.378 e. The summed E-state index contributed by atoms with van der Waals surface area (Å²) >= 11 is 7.83. The molecule has 2 atom stereocenters. The predicted octanol–water partition coefficient (Wildman–Crippen LogP) is 4.47. The van der Waals surface area contributed by atoms with Crippen LogP contribution < -0.4 is 16.0 Å². The lowest BCUT2D eigenvalue weighted by Gasteiger charge is -2.29. The van der Waals surface area contributed by atoms with E-state index in [0.29, 0.717) is 15.8 Å². The fraction of sp³-hybridized carbons (Fsp3) is 0.292. The Morgan fingerprint density at radius 3 is 2.53 bits per heavy atom. The molecule has 1 unspecified atom stereocenters. The van der Waals surface area contributed by atoms with Gasteiger partial charge in [-0.15, -0.1) is 0 Å². The van der Waals surface area contributed by atoms with E-state index >= 15 is 0 Å². The van der Waals surface area contributed by atoms with Crippen LogP contribution in [-0.4, -0.2) is 49.9 Å². The van der Waals surface area contributed by atoms with Gasteiger partial charge >= 0.3 is 6.18 Å². The van der Waals surface area contributed by atoms with E-state index in [1.807, 2.05) is 0 Å². The number of carbonyl (C=O) groups is 2. The number of ether oxygens (including phenoxy) is 1. The van der Waals surface area contributed by atoms with Crippen molar-refractivity contribution in [1.29, 1.82) is 0 Å². The van der Waals surface area contributed by atoms with Crippen LogP contribution >= 0.6 is 34.2 Å². The number of halogens is 5. The van der Waals surface area contributed by atoms with Crippen molar-refractivity contribution in [1.82, 2.24) is 25.6 Å². The van der Waals surface area contributed by atoms with Crippen LogP contribution in [0.5, 0.6) is 0 Å². The first-order valence-corrected chi connectivity index (χ1v) is 13.1. The molecule has 2 aromatic heterocycles. The highest BCUT2D eigenvalue weighted by Gasteiger charge is 2.44. The van der Waals surface area contributed by atoms with Crippen molar-refractivity contribution in [3.63, 3.8) is 0 Å². The van der Waals surface area contributed by atoms with E-state index in [1.165, 1.54) is 37.1 Å². The van der Waals surface area contributed by atoms with Crippen LogP contribution in [0.15, 0.2) is 55.2 Å². The number of carbonyl (C=O) groups excluding carboxylic acids is 2. The lowest BCUT2D eigenvalue weighted by atomic mass is 9.96. The van der Waals surface area contributed by atoms with E-state index in [-0.39, 0.29) is 35.9 Å². The van der Waals surface area contributed by atoms with Crippen LogP contribution in [0, 0.1) is 0 Å². The van der Waals surface area contributed by atoms with E-state index < -0.39 is 35.1 Å². The molecule has 0 spiro atoms. The molecule has 3 heterocycles. The molecule has 1 aliphatic heterocycles. The summed E-state index contributed by atoms with van der Waals surface area (Å²) in [5.41, 5.74) is -1.35. The van der Waals surface area contributed by atoms with E-state index in [2.05, 4.69) is 53.5 Å². The van der Waals surface area contributed by atoms with Gasteiger partial charge in [0.05, 0.1) is 47.0 Å². The Morgan fingerprint density at radius 2 is 1.92 bits per heavy atom. The van der Waals surface area contributed by atoms with Crippen molar-refractivity contribution in [3.05, 3.63) is 77.1 Å². The van der Waals surface area contributed by atoms with Crippen molar-refractivity contribution >= 4 is 57.4 Å². The molecular weight excluding hydrogens is 640 g/mol. The number of aromatic nitrogens is 3. The highest BCUT2D eigenvalue weighted by atomic mass is 127. The molecule has 3 N–H and O–H groups in total. The molecule has 14 heteroatoms. The molecular formula is C24H21ClF3IN6O3.